The number of aryl methyl sites for hydroxylation is 1. The van der Waals surface area contributed by atoms with E-state index in [4.69, 9.17) is 5.73 Å². The van der Waals surface area contributed by atoms with Gasteiger partial charge in [0, 0.05) is 12.7 Å². The zero-order valence-corrected chi connectivity index (χ0v) is 9.53. The van der Waals surface area contributed by atoms with Gasteiger partial charge in [-0.3, -0.25) is 0 Å². The number of nitrogens with one attached hydrogen (secondary N) is 1. The van der Waals surface area contributed by atoms with Gasteiger partial charge in [-0.1, -0.05) is 6.92 Å². The SMILES string of the molecule is Cc1nccc(NCCCC(C)CN)n1. The van der Waals surface area contributed by atoms with Crippen molar-refractivity contribution < 1.29 is 0 Å². The van der Waals surface area contributed by atoms with Gasteiger partial charge in [-0.15, -0.1) is 0 Å². The third-order valence-corrected chi connectivity index (χ3v) is 2.36. The lowest BCUT2D eigenvalue weighted by Crippen LogP contribution is -2.12. The Morgan fingerprint density at radius 2 is 2.33 bits per heavy atom. The van der Waals surface area contributed by atoms with Crippen LogP contribution in [0.1, 0.15) is 25.6 Å². The standard InChI is InChI=1S/C11H20N4/c1-9(8-12)4-3-6-14-11-5-7-13-10(2)15-11/h5,7,9H,3-4,6,8,12H2,1-2H3,(H,13,14,15). The zero-order valence-electron chi connectivity index (χ0n) is 9.53. The number of hydrogen-bond acceptors (Lipinski definition) is 4. The van der Waals surface area contributed by atoms with Crippen LogP contribution in [0.2, 0.25) is 0 Å². The maximum atomic E-state index is 5.54. The molecule has 0 fully saturated rings. The Morgan fingerprint density at radius 3 is 3.00 bits per heavy atom. The minimum absolute atomic E-state index is 0.610. The van der Waals surface area contributed by atoms with E-state index >= 15 is 0 Å². The first-order valence-electron chi connectivity index (χ1n) is 5.46. The van der Waals surface area contributed by atoms with Crippen molar-refractivity contribution in [3.05, 3.63) is 18.1 Å². The number of anilines is 1. The molecule has 0 radical (unpaired) electrons. The van der Waals surface area contributed by atoms with Gasteiger partial charge in [-0.25, -0.2) is 9.97 Å². The summed E-state index contributed by atoms with van der Waals surface area (Å²) in [5.74, 6) is 2.32. The van der Waals surface area contributed by atoms with Crippen LogP contribution in [0.5, 0.6) is 0 Å². The molecule has 0 bridgehead atoms. The van der Waals surface area contributed by atoms with Crippen LogP contribution in [0.3, 0.4) is 0 Å². The van der Waals surface area contributed by atoms with Gasteiger partial charge in [0.25, 0.3) is 0 Å². The second-order valence-corrected chi connectivity index (χ2v) is 3.90. The molecule has 0 saturated carbocycles. The van der Waals surface area contributed by atoms with E-state index in [9.17, 15) is 0 Å². The summed E-state index contributed by atoms with van der Waals surface area (Å²) < 4.78 is 0. The second kappa shape index (κ2) is 6.35. The van der Waals surface area contributed by atoms with Crippen molar-refractivity contribution in [2.75, 3.05) is 18.4 Å². The van der Waals surface area contributed by atoms with Crippen LogP contribution in [0.4, 0.5) is 5.82 Å². The van der Waals surface area contributed by atoms with Crippen molar-refractivity contribution in [1.82, 2.24) is 9.97 Å². The Kier molecular flexibility index (Phi) is 5.04. The number of hydrogen-bond donors (Lipinski definition) is 2. The Hall–Kier alpha value is -1.16. The highest BCUT2D eigenvalue weighted by Gasteiger charge is 1.99. The Morgan fingerprint density at radius 1 is 1.53 bits per heavy atom. The van der Waals surface area contributed by atoms with Gasteiger partial charge in [0.15, 0.2) is 0 Å². The average Bonchev–Trinajstić information content (AvgIpc) is 2.24. The van der Waals surface area contributed by atoms with Crippen LogP contribution in [-0.2, 0) is 0 Å². The Labute approximate surface area is 91.3 Å². The molecule has 0 aliphatic heterocycles. The summed E-state index contributed by atoms with van der Waals surface area (Å²) in [6.07, 6.45) is 4.06. The van der Waals surface area contributed by atoms with E-state index in [0.29, 0.717) is 5.92 Å². The number of nitrogens with zero attached hydrogens (tertiary/aromatic N) is 2. The van der Waals surface area contributed by atoms with Crippen molar-refractivity contribution in [3.63, 3.8) is 0 Å². The minimum Gasteiger partial charge on any atom is -0.370 e. The first kappa shape index (κ1) is 11.9. The van der Waals surface area contributed by atoms with E-state index in [0.717, 1.165) is 37.6 Å². The molecule has 1 aromatic rings. The molecule has 15 heavy (non-hydrogen) atoms. The molecule has 0 amide bonds. The summed E-state index contributed by atoms with van der Waals surface area (Å²) in [4.78, 5) is 8.31. The molecule has 1 aromatic heterocycles. The third-order valence-electron chi connectivity index (χ3n) is 2.36. The molecule has 1 rings (SSSR count). The molecule has 0 aromatic carbocycles. The topological polar surface area (TPSA) is 63.8 Å². The van der Waals surface area contributed by atoms with E-state index in [2.05, 4.69) is 22.2 Å². The lowest BCUT2D eigenvalue weighted by Gasteiger charge is -2.09. The number of rotatable bonds is 6. The highest BCUT2D eigenvalue weighted by Crippen LogP contribution is 2.05. The van der Waals surface area contributed by atoms with Crippen LogP contribution in [0.25, 0.3) is 0 Å². The van der Waals surface area contributed by atoms with Gasteiger partial charge in [-0.2, -0.15) is 0 Å². The summed E-state index contributed by atoms with van der Waals surface area (Å²) in [5, 5.41) is 3.27. The molecule has 1 atom stereocenters. The molecule has 4 heteroatoms. The first-order chi connectivity index (χ1) is 7.22. The lowest BCUT2D eigenvalue weighted by atomic mass is 10.1. The summed E-state index contributed by atoms with van der Waals surface area (Å²) in [5.41, 5.74) is 5.54. The first-order valence-corrected chi connectivity index (χ1v) is 5.46. The molecule has 1 heterocycles. The van der Waals surface area contributed by atoms with E-state index in [1.807, 2.05) is 13.0 Å². The van der Waals surface area contributed by atoms with Crippen molar-refractivity contribution in [2.24, 2.45) is 11.7 Å². The molecule has 3 N–H and O–H groups in total. The smallest absolute Gasteiger partial charge is 0.129 e. The van der Waals surface area contributed by atoms with Crippen molar-refractivity contribution in [2.45, 2.75) is 26.7 Å². The molecular weight excluding hydrogens is 188 g/mol. The van der Waals surface area contributed by atoms with E-state index in [1.165, 1.54) is 0 Å². The molecule has 4 nitrogen and oxygen atoms in total. The summed E-state index contributed by atoms with van der Waals surface area (Å²) in [7, 11) is 0. The van der Waals surface area contributed by atoms with E-state index in [-0.39, 0.29) is 0 Å². The number of nitrogens with two attached hydrogens (primary N) is 1. The fourth-order valence-electron chi connectivity index (χ4n) is 1.34. The predicted molar refractivity (Wildman–Crippen MR) is 62.7 cm³/mol. The van der Waals surface area contributed by atoms with Crippen LogP contribution >= 0.6 is 0 Å². The molecule has 0 aliphatic carbocycles. The van der Waals surface area contributed by atoms with Crippen molar-refractivity contribution in [1.29, 1.82) is 0 Å². The zero-order chi connectivity index (χ0) is 11.1. The van der Waals surface area contributed by atoms with Gasteiger partial charge < -0.3 is 11.1 Å². The molecule has 0 saturated heterocycles. The summed E-state index contributed by atoms with van der Waals surface area (Å²) in [6, 6.07) is 1.89. The lowest BCUT2D eigenvalue weighted by molar-refractivity contribution is 0.529. The summed E-state index contributed by atoms with van der Waals surface area (Å²) in [6.45, 7) is 5.78. The quantitative estimate of drug-likeness (QED) is 0.697. The predicted octanol–water partition coefficient (Wildman–Crippen LogP) is 1.57. The largest absolute Gasteiger partial charge is 0.370 e. The Balaban J connectivity index is 2.20. The van der Waals surface area contributed by atoms with Crippen LogP contribution in [0, 0.1) is 12.8 Å². The maximum absolute atomic E-state index is 5.54. The fourth-order valence-corrected chi connectivity index (χ4v) is 1.34. The molecular formula is C11H20N4. The maximum Gasteiger partial charge on any atom is 0.129 e. The third kappa shape index (κ3) is 4.74. The average molecular weight is 208 g/mol. The van der Waals surface area contributed by atoms with Crippen molar-refractivity contribution >= 4 is 5.82 Å². The second-order valence-electron chi connectivity index (χ2n) is 3.90. The molecule has 84 valence electrons. The van der Waals surface area contributed by atoms with Crippen molar-refractivity contribution in [3.8, 4) is 0 Å². The van der Waals surface area contributed by atoms with Gasteiger partial charge >= 0.3 is 0 Å². The molecule has 0 spiro atoms. The van der Waals surface area contributed by atoms with Crippen LogP contribution in [0.15, 0.2) is 12.3 Å². The van der Waals surface area contributed by atoms with E-state index in [1.54, 1.807) is 6.20 Å². The fraction of sp³-hybridized carbons (Fsp3) is 0.636. The van der Waals surface area contributed by atoms with Crippen LogP contribution in [-0.4, -0.2) is 23.1 Å². The normalized spacial score (nSPS) is 12.5. The minimum atomic E-state index is 0.610. The molecule has 1 unspecified atom stereocenters. The van der Waals surface area contributed by atoms with Gasteiger partial charge in [0.05, 0.1) is 0 Å². The summed E-state index contributed by atoms with van der Waals surface area (Å²) >= 11 is 0. The van der Waals surface area contributed by atoms with Crippen LogP contribution < -0.4 is 11.1 Å². The highest BCUT2D eigenvalue weighted by atomic mass is 15.0. The van der Waals surface area contributed by atoms with E-state index < -0.39 is 0 Å². The van der Waals surface area contributed by atoms with Gasteiger partial charge in [-0.05, 0) is 38.3 Å². The highest BCUT2D eigenvalue weighted by molar-refractivity contribution is 5.32. The molecule has 0 aliphatic rings. The Bertz CT molecular complexity index is 288. The number of aromatic nitrogens is 2. The van der Waals surface area contributed by atoms with Gasteiger partial charge in [0.1, 0.15) is 11.6 Å². The van der Waals surface area contributed by atoms with Gasteiger partial charge in [0.2, 0.25) is 0 Å². The monoisotopic (exact) mass is 208 g/mol.